The topological polar surface area (TPSA) is 46.3 Å². The lowest BCUT2D eigenvalue weighted by molar-refractivity contribution is 0.0784. The molecule has 0 spiro atoms. The van der Waals surface area contributed by atoms with E-state index < -0.39 is 0 Å². The van der Waals surface area contributed by atoms with Crippen LogP contribution in [0.4, 0.5) is 5.69 Å². The van der Waals surface area contributed by atoms with E-state index in [1.54, 1.807) is 11.9 Å². The molecular formula is C17H20N2O. The maximum atomic E-state index is 12.5. The Morgan fingerprint density at radius 3 is 2.30 bits per heavy atom. The van der Waals surface area contributed by atoms with Crippen molar-refractivity contribution in [2.24, 2.45) is 0 Å². The summed E-state index contributed by atoms with van der Waals surface area (Å²) in [6.07, 6.45) is 0.850. The summed E-state index contributed by atoms with van der Waals surface area (Å²) in [5.74, 6) is 0.0331. The summed E-state index contributed by atoms with van der Waals surface area (Å²) in [5, 5.41) is 0. The Hall–Kier alpha value is -2.29. The zero-order valence-corrected chi connectivity index (χ0v) is 12.0. The molecule has 2 aromatic carbocycles. The molecule has 0 aliphatic heterocycles. The molecule has 2 aromatic rings. The fourth-order valence-electron chi connectivity index (χ4n) is 2.25. The van der Waals surface area contributed by atoms with Crippen LogP contribution in [0.5, 0.6) is 0 Å². The van der Waals surface area contributed by atoms with Crippen LogP contribution in [0.15, 0.2) is 48.5 Å². The Morgan fingerprint density at radius 1 is 1.05 bits per heavy atom. The Morgan fingerprint density at radius 2 is 1.65 bits per heavy atom. The van der Waals surface area contributed by atoms with E-state index in [0.717, 1.165) is 28.8 Å². The summed E-state index contributed by atoms with van der Waals surface area (Å²) in [6.45, 7) is 2.57. The van der Waals surface area contributed by atoms with Crippen LogP contribution in [-0.2, 0) is 13.0 Å². The number of hydrogen-bond donors (Lipinski definition) is 1. The van der Waals surface area contributed by atoms with Crippen LogP contribution in [-0.4, -0.2) is 17.9 Å². The van der Waals surface area contributed by atoms with E-state index >= 15 is 0 Å². The number of rotatable bonds is 4. The molecule has 0 saturated heterocycles. The number of anilines is 1. The monoisotopic (exact) mass is 268 g/mol. The lowest BCUT2D eigenvalue weighted by atomic mass is 10.0. The van der Waals surface area contributed by atoms with E-state index in [-0.39, 0.29) is 5.91 Å². The second kappa shape index (κ2) is 6.24. The Kier molecular flexibility index (Phi) is 4.41. The van der Waals surface area contributed by atoms with Gasteiger partial charge in [-0.2, -0.15) is 0 Å². The zero-order chi connectivity index (χ0) is 14.5. The third-order valence-corrected chi connectivity index (χ3v) is 3.44. The van der Waals surface area contributed by atoms with Crippen molar-refractivity contribution in [2.75, 3.05) is 12.8 Å². The third-order valence-electron chi connectivity index (χ3n) is 3.44. The van der Waals surface area contributed by atoms with E-state index in [9.17, 15) is 4.79 Å². The van der Waals surface area contributed by atoms with Crippen molar-refractivity contribution in [1.29, 1.82) is 0 Å². The van der Waals surface area contributed by atoms with Crippen molar-refractivity contribution in [3.05, 3.63) is 65.2 Å². The number of amides is 1. The summed E-state index contributed by atoms with van der Waals surface area (Å²) in [7, 11) is 1.81. The van der Waals surface area contributed by atoms with Crippen molar-refractivity contribution in [2.45, 2.75) is 19.9 Å². The van der Waals surface area contributed by atoms with Crippen molar-refractivity contribution >= 4 is 11.6 Å². The Labute approximate surface area is 120 Å². The fourth-order valence-corrected chi connectivity index (χ4v) is 2.25. The minimum Gasteiger partial charge on any atom is -0.398 e. The normalized spacial score (nSPS) is 10.3. The summed E-state index contributed by atoms with van der Waals surface area (Å²) in [6, 6.07) is 15.4. The number of nitrogens with zero attached hydrogens (tertiary/aromatic N) is 1. The molecule has 20 heavy (non-hydrogen) atoms. The molecule has 0 radical (unpaired) electrons. The molecular weight excluding hydrogens is 248 g/mol. The van der Waals surface area contributed by atoms with Crippen molar-refractivity contribution in [3.63, 3.8) is 0 Å². The lowest BCUT2D eigenvalue weighted by Crippen LogP contribution is -2.27. The molecule has 104 valence electrons. The van der Waals surface area contributed by atoms with Crippen LogP contribution in [0.25, 0.3) is 0 Å². The van der Waals surface area contributed by atoms with Crippen LogP contribution in [0.3, 0.4) is 0 Å². The van der Waals surface area contributed by atoms with Gasteiger partial charge in [-0.25, -0.2) is 0 Å². The van der Waals surface area contributed by atoms with Crippen LogP contribution in [0, 0.1) is 0 Å². The van der Waals surface area contributed by atoms with Gasteiger partial charge in [0.1, 0.15) is 0 Å². The van der Waals surface area contributed by atoms with Gasteiger partial charge in [-0.05, 0) is 29.7 Å². The second-order valence-corrected chi connectivity index (χ2v) is 4.87. The number of carbonyl (C=O) groups excluding carboxylic acids is 1. The molecule has 0 bridgehead atoms. The molecule has 0 aromatic heterocycles. The molecule has 3 nitrogen and oxygen atoms in total. The number of hydrogen-bond acceptors (Lipinski definition) is 2. The van der Waals surface area contributed by atoms with Gasteiger partial charge in [-0.3, -0.25) is 4.79 Å². The van der Waals surface area contributed by atoms with E-state index in [0.29, 0.717) is 6.54 Å². The molecule has 0 atom stereocenters. The second-order valence-electron chi connectivity index (χ2n) is 4.87. The van der Waals surface area contributed by atoms with Gasteiger partial charge >= 0.3 is 0 Å². The standard InChI is InChI=1S/C17H20N2O/c1-3-13-8-4-6-10-15(13)17(20)19(2)12-14-9-5-7-11-16(14)18/h4-11H,3,12,18H2,1-2H3. The fraction of sp³-hybridized carbons (Fsp3) is 0.235. The van der Waals surface area contributed by atoms with Gasteiger partial charge < -0.3 is 10.6 Å². The molecule has 0 aliphatic rings. The summed E-state index contributed by atoms with van der Waals surface area (Å²) < 4.78 is 0. The molecule has 0 heterocycles. The quantitative estimate of drug-likeness (QED) is 0.866. The summed E-state index contributed by atoms with van der Waals surface area (Å²) in [4.78, 5) is 14.2. The smallest absolute Gasteiger partial charge is 0.254 e. The minimum atomic E-state index is 0.0331. The first-order valence-electron chi connectivity index (χ1n) is 6.80. The van der Waals surface area contributed by atoms with Gasteiger partial charge in [-0.15, -0.1) is 0 Å². The average Bonchev–Trinajstić information content (AvgIpc) is 2.48. The van der Waals surface area contributed by atoms with Crippen LogP contribution < -0.4 is 5.73 Å². The molecule has 0 fully saturated rings. The minimum absolute atomic E-state index is 0.0331. The largest absolute Gasteiger partial charge is 0.398 e. The van der Waals surface area contributed by atoms with Crippen molar-refractivity contribution in [1.82, 2.24) is 4.90 Å². The molecule has 2 N–H and O–H groups in total. The zero-order valence-electron chi connectivity index (χ0n) is 12.0. The highest BCUT2D eigenvalue weighted by Gasteiger charge is 2.15. The first kappa shape index (κ1) is 14.1. The van der Waals surface area contributed by atoms with Gasteiger partial charge in [0.25, 0.3) is 5.91 Å². The third kappa shape index (κ3) is 2.99. The van der Waals surface area contributed by atoms with Crippen molar-refractivity contribution in [3.8, 4) is 0 Å². The van der Waals surface area contributed by atoms with E-state index in [1.807, 2.05) is 48.5 Å². The first-order chi connectivity index (χ1) is 9.63. The van der Waals surface area contributed by atoms with Crippen LogP contribution >= 0.6 is 0 Å². The summed E-state index contributed by atoms with van der Waals surface area (Å²) >= 11 is 0. The molecule has 0 saturated carbocycles. The van der Waals surface area contributed by atoms with Gasteiger partial charge in [0, 0.05) is 24.8 Å². The maximum absolute atomic E-state index is 12.5. The molecule has 1 amide bonds. The predicted octanol–water partition coefficient (Wildman–Crippen LogP) is 3.10. The highest BCUT2D eigenvalue weighted by molar-refractivity contribution is 5.95. The van der Waals surface area contributed by atoms with Gasteiger partial charge in [0.15, 0.2) is 0 Å². The summed E-state index contributed by atoms with van der Waals surface area (Å²) in [5.41, 5.74) is 9.46. The van der Waals surface area contributed by atoms with Gasteiger partial charge in [0.05, 0.1) is 0 Å². The van der Waals surface area contributed by atoms with E-state index in [1.165, 1.54) is 0 Å². The highest BCUT2D eigenvalue weighted by atomic mass is 16.2. The van der Waals surface area contributed by atoms with Crippen LogP contribution in [0.2, 0.25) is 0 Å². The van der Waals surface area contributed by atoms with E-state index in [4.69, 9.17) is 5.73 Å². The lowest BCUT2D eigenvalue weighted by Gasteiger charge is -2.19. The van der Waals surface area contributed by atoms with Gasteiger partial charge in [0.2, 0.25) is 0 Å². The van der Waals surface area contributed by atoms with Crippen LogP contribution in [0.1, 0.15) is 28.4 Å². The number of carbonyl (C=O) groups is 1. The number of nitrogen functional groups attached to an aromatic ring is 1. The molecule has 0 aliphatic carbocycles. The number of benzene rings is 2. The van der Waals surface area contributed by atoms with Gasteiger partial charge in [-0.1, -0.05) is 43.3 Å². The predicted molar refractivity (Wildman–Crippen MR) is 82.5 cm³/mol. The number of para-hydroxylation sites is 1. The molecule has 0 unspecified atom stereocenters. The highest BCUT2D eigenvalue weighted by Crippen LogP contribution is 2.16. The average molecular weight is 268 g/mol. The van der Waals surface area contributed by atoms with E-state index in [2.05, 4.69) is 6.92 Å². The Bertz CT molecular complexity index is 607. The number of nitrogens with two attached hydrogens (primary N) is 1. The molecule has 2 rings (SSSR count). The number of aryl methyl sites for hydroxylation is 1. The molecule has 3 heteroatoms. The van der Waals surface area contributed by atoms with Crippen molar-refractivity contribution < 1.29 is 4.79 Å². The SMILES string of the molecule is CCc1ccccc1C(=O)N(C)Cc1ccccc1N. The Balaban J connectivity index is 2.19. The maximum Gasteiger partial charge on any atom is 0.254 e. The first-order valence-corrected chi connectivity index (χ1v) is 6.80.